The van der Waals surface area contributed by atoms with Crippen LogP contribution in [0.1, 0.15) is 52.9 Å². The van der Waals surface area contributed by atoms with E-state index in [0.717, 1.165) is 51.9 Å². The van der Waals surface area contributed by atoms with Crippen LogP contribution in [0.3, 0.4) is 0 Å². The molecule has 0 saturated carbocycles. The molecule has 2 N–H and O–H groups in total. The van der Waals surface area contributed by atoms with Gasteiger partial charge in [-0.3, -0.25) is 19.8 Å². The number of urea groups is 1. The third kappa shape index (κ3) is 6.65. The molecule has 7 nitrogen and oxygen atoms in total. The summed E-state index contributed by atoms with van der Waals surface area (Å²) in [5, 5.41) is 5.07. The van der Waals surface area contributed by atoms with Crippen LogP contribution in [0.5, 0.6) is 0 Å². The molecule has 7 heteroatoms. The predicted octanol–water partition coefficient (Wildman–Crippen LogP) is 1.34. The predicted molar refractivity (Wildman–Crippen MR) is 96.0 cm³/mol. The molecular weight excluding hydrogens is 320 g/mol. The molecule has 0 aromatic heterocycles. The summed E-state index contributed by atoms with van der Waals surface area (Å²) in [5.74, 6) is 0.0671. The van der Waals surface area contributed by atoms with E-state index in [1.54, 1.807) is 0 Å². The summed E-state index contributed by atoms with van der Waals surface area (Å²) in [6.45, 7) is 9.01. The van der Waals surface area contributed by atoms with Gasteiger partial charge in [0.25, 0.3) is 0 Å². The largest absolute Gasteiger partial charge is 0.342 e. The van der Waals surface area contributed by atoms with Crippen molar-refractivity contribution in [2.45, 2.75) is 58.4 Å². The van der Waals surface area contributed by atoms with Gasteiger partial charge in [-0.15, -0.1) is 0 Å². The maximum Gasteiger partial charge on any atom is 0.321 e. The molecule has 25 heavy (non-hydrogen) atoms. The molecule has 4 amide bonds. The topological polar surface area (TPSA) is 81.8 Å². The van der Waals surface area contributed by atoms with Crippen molar-refractivity contribution in [2.24, 2.45) is 5.92 Å². The fourth-order valence-electron chi connectivity index (χ4n) is 3.45. The van der Waals surface area contributed by atoms with Gasteiger partial charge in [0.1, 0.15) is 0 Å². The number of carbonyl (C=O) groups is 3. The van der Waals surface area contributed by atoms with Gasteiger partial charge in [-0.2, -0.15) is 0 Å². The van der Waals surface area contributed by atoms with Crippen LogP contribution in [-0.4, -0.2) is 65.9 Å². The molecular formula is C18H32N4O3. The molecule has 0 unspecified atom stereocenters. The van der Waals surface area contributed by atoms with Crippen LogP contribution in [0.2, 0.25) is 0 Å². The molecule has 0 aromatic rings. The van der Waals surface area contributed by atoms with Crippen LogP contribution in [0, 0.1) is 5.92 Å². The van der Waals surface area contributed by atoms with Crippen molar-refractivity contribution in [3.8, 4) is 0 Å². The van der Waals surface area contributed by atoms with Crippen LogP contribution in [0.15, 0.2) is 0 Å². The van der Waals surface area contributed by atoms with E-state index in [2.05, 4.69) is 10.6 Å². The highest BCUT2D eigenvalue weighted by molar-refractivity contribution is 5.95. The lowest BCUT2D eigenvalue weighted by molar-refractivity contribution is -0.138. The van der Waals surface area contributed by atoms with E-state index in [-0.39, 0.29) is 29.8 Å². The second-order valence-corrected chi connectivity index (χ2v) is 8.19. The molecule has 2 heterocycles. The number of hydrogen-bond acceptors (Lipinski definition) is 4. The molecule has 2 fully saturated rings. The first-order valence-electron chi connectivity index (χ1n) is 9.38. The molecule has 0 atom stereocenters. The summed E-state index contributed by atoms with van der Waals surface area (Å²) >= 11 is 0. The Morgan fingerprint density at radius 1 is 0.960 bits per heavy atom. The first-order chi connectivity index (χ1) is 11.7. The summed E-state index contributed by atoms with van der Waals surface area (Å²) < 4.78 is 0. The maximum absolute atomic E-state index is 12.5. The normalized spacial score (nSPS) is 20.2. The molecule has 2 rings (SSSR count). The van der Waals surface area contributed by atoms with Crippen molar-refractivity contribution in [3.63, 3.8) is 0 Å². The summed E-state index contributed by atoms with van der Waals surface area (Å²) in [6, 6.07) is -0.465. The molecule has 2 saturated heterocycles. The standard InChI is InChI=1S/C18H32N4O3/c1-18(2,3)20-17(25)19-15(23)13-21-11-7-14(8-12-21)16(24)22-9-5-4-6-10-22/h14H,4-13H2,1-3H3,(H2,19,20,23,25). The van der Waals surface area contributed by atoms with Crippen molar-refractivity contribution in [2.75, 3.05) is 32.7 Å². The number of nitrogens with zero attached hydrogens (tertiary/aromatic N) is 2. The SMILES string of the molecule is CC(C)(C)NC(=O)NC(=O)CN1CCC(C(=O)N2CCCCC2)CC1. The molecule has 0 spiro atoms. The van der Waals surface area contributed by atoms with Gasteiger partial charge in [-0.05, 0) is 66.0 Å². The third-order valence-electron chi connectivity index (χ3n) is 4.71. The first-order valence-corrected chi connectivity index (χ1v) is 9.38. The minimum absolute atomic E-state index is 0.0848. The molecule has 0 radical (unpaired) electrons. The van der Waals surface area contributed by atoms with E-state index in [9.17, 15) is 14.4 Å². The van der Waals surface area contributed by atoms with Crippen LogP contribution in [-0.2, 0) is 9.59 Å². The number of amides is 4. The summed E-state index contributed by atoms with van der Waals surface area (Å²) in [4.78, 5) is 40.3. The fraction of sp³-hybridized carbons (Fsp3) is 0.833. The molecule has 2 aliphatic heterocycles. The lowest BCUT2D eigenvalue weighted by Crippen LogP contribution is -2.51. The zero-order valence-corrected chi connectivity index (χ0v) is 15.8. The van der Waals surface area contributed by atoms with E-state index in [1.807, 2.05) is 30.6 Å². The smallest absolute Gasteiger partial charge is 0.321 e. The number of hydrogen-bond donors (Lipinski definition) is 2. The van der Waals surface area contributed by atoms with Crippen LogP contribution in [0.25, 0.3) is 0 Å². The Bertz CT molecular complexity index is 487. The van der Waals surface area contributed by atoms with E-state index >= 15 is 0 Å². The number of imide groups is 1. The molecule has 0 bridgehead atoms. The van der Waals surface area contributed by atoms with Crippen molar-refractivity contribution in [1.29, 1.82) is 0 Å². The van der Waals surface area contributed by atoms with Crippen LogP contribution in [0.4, 0.5) is 4.79 Å². The van der Waals surface area contributed by atoms with Gasteiger partial charge in [0, 0.05) is 24.5 Å². The highest BCUT2D eigenvalue weighted by atomic mass is 16.2. The van der Waals surface area contributed by atoms with Gasteiger partial charge in [0.05, 0.1) is 6.54 Å². The highest BCUT2D eigenvalue weighted by Gasteiger charge is 2.30. The molecule has 0 aromatic carbocycles. The van der Waals surface area contributed by atoms with E-state index in [4.69, 9.17) is 0 Å². The highest BCUT2D eigenvalue weighted by Crippen LogP contribution is 2.21. The fourth-order valence-corrected chi connectivity index (χ4v) is 3.45. The maximum atomic E-state index is 12.5. The first kappa shape index (κ1) is 19.7. The Balaban J connectivity index is 1.70. The van der Waals surface area contributed by atoms with Crippen molar-refractivity contribution in [1.82, 2.24) is 20.4 Å². The quantitative estimate of drug-likeness (QED) is 0.803. The minimum Gasteiger partial charge on any atom is -0.342 e. The zero-order chi connectivity index (χ0) is 18.4. The summed E-state index contributed by atoms with van der Waals surface area (Å²) in [7, 11) is 0. The monoisotopic (exact) mass is 352 g/mol. The summed E-state index contributed by atoms with van der Waals surface area (Å²) in [5.41, 5.74) is -0.377. The number of nitrogens with one attached hydrogen (secondary N) is 2. The van der Waals surface area contributed by atoms with E-state index in [0.29, 0.717) is 0 Å². The average molecular weight is 352 g/mol. The van der Waals surface area contributed by atoms with E-state index in [1.165, 1.54) is 6.42 Å². The lowest BCUT2D eigenvalue weighted by Gasteiger charge is -2.35. The molecule has 2 aliphatic rings. The second kappa shape index (κ2) is 8.65. The van der Waals surface area contributed by atoms with Gasteiger partial charge in [0.2, 0.25) is 11.8 Å². The van der Waals surface area contributed by atoms with E-state index < -0.39 is 6.03 Å². The Morgan fingerprint density at radius 3 is 2.12 bits per heavy atom. The van der Waals surface area contributed by atoms with Crippen LogP contribution < -0.4 is 10.6 Å². The summed E-state index contributed by atoms with van der Waals surface area (Å²) in [6.07, 6.45) is 5.02. The van der Waals surface area contributed by atoms with Crippen LogP contribution >= 0.6 is 0 Å². The van der Waals surface area contributed by atoms with Crippen molar-refractivity contribution >= 4 is 17.8 Å². The zero-order valence-electron chi connectivity index (χ0n) is 15.8. The lowest BCUT2D eigenvalue weighted by atomic mass is 9.94. The average Bonchev–Trinajstić information content (AvgIpc) is 2.53. The van der Waals surface area contributed by atoms with Gasteiger partial charge >= 0.3 is 6.03 Å². The number of carbonyl (C=O) groups excluding carboxylic acids is 3. The number of rotatable bonds is 3. The van der Waals surface area contributed by atoms with Crippen molar-refractivity contribution in [3.05, 3.63) is 0 Å². The van der Waals surface area contributed by atoms with Crippen molar-refractivity contribution < 1.29 is 14.4 Å². The number of likely N-dealkylation sites (tertiary alicyclic amines) is 2. The molecule has 142 valence electrons. The number of piperidine rings is 2. The molecule has 0 aliphatic carbocycles. The Hall–Kier alpha value is -1.63. The van der Waals surface area contributed by atoms with Gasteiger partial charge in [-0.25, -0.2) is 4.79 Å². The Labute approximate surface area is 150 Å². The van der Waals surface area contributed by atoms with Gasteiger partial charge < -0.3 is 10.2 Å². The minimum atomic E-state index is -0.465. The third-order valence-corrected chi connectivity index (χ3v) is 4.71. The Morgan fingerprint density at radius 2 is 1.56 bits per heavy atom. The second-order valence-electron chi connectivity index (χ2n) is 8.19. The van der Waals surface area contributed by atoms with Gasteiger partial charge in [0.15, 0.2) is 0 Å². The van der Waals surface area contributed by atoms with Gasteiger partial charge in [-0.1, -0.05) is 0 Å². The Kier molecular flexibility index (Phi) is 6.81.